The van der Waals surface area contributed by atoms with Crippen molar-refractivity contribution in [3.63, 3.8) is 0 Å². The van der Waals surface area contributed by atoms with E-state index in [1.807, 2.05) is 6.92 Å². The normalized spacial score (nSPS) is 11.9. The molecule has 1 unspecified atom stereocenters. The third-order valence-corrected chi connectivity index (χ3v) is 2.11. The first-order chi connectivity index (χ1) is 7.69. The molecule has 16 heavy (non-hydrogen) atoms. The lowest BCUT2D eigenvalue weighted by Crippen LogP contribution is -2.27. The number of nitrogens with one attached hydrogen (secondary N) is 1. The average molecular weight is 223 g/mol. The Morgan fingerprint density at radius 1 is 1.69 bits per heavy atom. The van der Waals surface area contributed by atoms with Crippen LogP contribution in [-0.2, 0) is 4.79 Å². The second kappa shape index (κ2) is 6.07. The van der Waals surface area contributed by atoms with Crippen molar-refractivity contribution in [3.05, 3.63) is 18.3 Å². The summed E-state index contributed by atoms with van der Waals surface area (Å²) in [4.78, 5) is 15.7. The van der Waals surface area contributed by atoms with Gasteiger partial charge in [-0.25, -0.2) is 4.98 Å². The van der Waals surface area contributed by atoms with Gasteiger partial charge in [0.2, 0.25) is 11.8 Å². The Hall–Kier alpha value is -1.62. The Morgan fingerprint density at radius 2 is 2.44 bits per heavy atom. The number of anilines is 1. The fraction of sp³-hybridized carbons (Fsp3) is 0.455. The number of hydrogen-bond acceptors (Lipinski definition) is 4. The summed E-state index contributed by atoms with van der Waals surface area (Å²) in [5.74, 6) is 0.0775. The van der Waals surface area contributed by atoms with Crippen LogP contribution in [0.5, 0.6) is 5.88 Å². The van der Waals surface area contributed by atoms with Crippen molar-refractivity contribution in [2.24, 2.45) is 11.7 Å². The van der Waals surface area contributed by atoms with Crippen LogP contribution >= 0.6 is 0 Å². The number of pyridine rings is 1. The van der Waals surface area contributed by atoms with Gasteiger partial charge in [-0.2, -0.15) is 0 Å². The van der Waals surface area contributed by atoms with Gasteiger partial charge in [-0.05, 0) is 19.1 Å². The number of nitrogens with two attached hydrogens (primary N) is 1. The maximum Gasteiger partial charge on any atom is 0.237 e. The van der Waals surface area contributed by atoms with Crippen LogP contribution in [0.25, 0.3) is 0 Å². The molecule has 0 fully saturated rings. The Labute approximate surface area is 95.0 Å². The SMILES string of the molecule is CCOc1ncccc1NC(=O)C(C)CN. The molecule has 0 aliphatic carbocycles. The number of ether oxygens (including phenoxy) is 1. The molecule has 0 radical (unpaired) electrons. The van der Waals surface area contributed by atoms with Crippen molar-refractivity contribution in [2.75, 3.05) is 18.5 Å². The Bertz CT molecular complexity index is 355. The molecule has 1 aromatic heterocycles. The zero-order valence-electron chi connectivity index (χ0n) is 9.56. The van der Waals surface area contributed by atoms with Gasteiger partial charge in [0, 0.05) is 18.7 Å². The topological polar surface area (TPSA) is 77.2 Å². The summed E-state index contributed by atoms with van der Waals surface area (Å²) >= 11 is 0. The van der Waals surface area contributed by atoms with Crippen LogP contribution in [0.1, 0.15) is 13.8 Å². The van der Waals surface area contributed by atoms with E-state index >= 15 is 0 Å². The van der Waals surface area contributed by atoms with E-state index in [2.05, 4.69) is 10.3 Å². The van der Waals surface area contributed by atoms with Crippen molar-refractivity contribution < 1.29 is 9.53 Å². The van der Waals surface area contributed by atoms with Crippen molar-refractivity contribution in [1.29, 1.82) is 0 Å². The Balaban J connectivity index is 2.76. The lowest BCUT2D eigenvalue weighted by atomic mass is 10.1. The van der Waals surface area contributed by atoms with Crippen LogP contribution < -0.4 is 15.8 Å². The Morgan fingerprint density at radius 3 is 3.06 bits per heavy atom. The molecule has 3 N–H and O–H groups in total. The maximum absolute atomic E-state index is 11.6. The molecular weight excluding hydrogens is 206 g/mol. The molecule has 0 aromatic carbocycles. The van der Waals surface area contributed by atoms with Gasteiger partial charge in [0.05, 0.1) is 6.61 Å². The molecule has 0 bridgehead atoms. The van der Waals surface area contributed by atoms with E-state index in [9.17, 15) is 4.79 Å². The predicted molar refractivity (Wildman–Crippen MR) is 62.3 cm³/mol. The number of amides is 1. The molecular formula is C11H17N3O2. The number of hydrogen-bond donors (Lipinski definition) is 2. The molecule has 5 heteroatoms. The standard InChI is InChI=1S/C11H17N3O2/c1-3-16-11-9(5-4-6-13-11)14-10(15)8(2)7-12/h4-6,8H,3,7,12H2,1-2H3,(H,14,15). The highest BCUT2D eigenvalue weighted by atomic mass is 16.5. The number of carbonyl (C=O) groups excluding carboxylic acids is 1. The summed E-state index contributed by atoms with van der Waals surface area (Å²) in [5.41, 5.74) is 5.99. The molecule has 0 saturated heterocycles. The minimum atomic E-state index is -0.227. The second-order valence-corrected chi connectivity index (χ2v) is 3.42. The third kappa shape index (κ3) is 3.20. The summed E-state index contributed by atoms with van der Waals surface area (Å²) in [6.07, 6.45) is 1.62. The molecule has 1 heterocycles. The van der Waals surface area contributed by atoms with Crippen LogP contribution in [0.15, 0.2) is 18.3 Å². The van der Waals surface area contributed by atoms with Crippen molar-refractivity contribution in [2.45, 2.75) is 13.8 Å². The number of carbonyl (C=O) groups is 1. The molecule has 0 aliphatic rings. The third-order valence-electron chi connectivity index (χ3n) is 2.11. The summed E-state index contributed by atoms with van der Waals surface area (Å²) in [5, 5.41) is 2.74. The molecule has 5 nitrogen and oxygen atoms in total. The fourth-order valence-electron chi connectivity index (χ4n) is 1.10. The van der Waals surface area contributed by atoms with E-state index < -0.39 is 0 Å². The van der Waals surface area contributed by atoms with Crippen LogP contribution in [0.2, 0.25) is 0 Å². The van der Waals surface area contributed by atoms with Gasteiger partial charge in [0.25, 0.3) is 0 Å². The average Bonchev–Trinajstić information content (AvgIpc) is 2.31. The minimum Gasteiger partial charge on any atom is -0.476 e. The minimum absolute atomic E-state index is 0.128. The van der Waals surface area contributed by atoms with E-state index in [4.69, 9.17) is 10.5 Å². The van der Waals surface area contributed by atoms with Crippen LogP contribution in [0.3, 0.4) is 0 Å². The van der Waals surface area contributed by atoms with Gasteiger partial charge < -0.3 is 15.8 Å². The summed E-state index contributed by atoms with van der Waals surface area (Å²) in [7, 11) is 0. The van der Waals surface area contributed by atoms with Gasteiger partial charge >= 0.3 is 0 Å². The Kier molecular flexibility index (Phi) is 4.72. The lowest BCUT2D eigenvalue weighted by molar-refractivity contribution is -0.119. The smallest absolute Gasteiger partial charge is 0.237 e. The summed E-state index contributed by atoms with van der Waals surface area (Å²) < 4.78 is 5.29. The van der Waals surface area contributed by atoms with Gasteiger partial charge in [-0.3, -0.25) is 4.79 Å². The van der Waals surface area contributed by atoms with Crippen LogP contribution in [0.4, 0.5) is 5.69 Å². The monoisotopic (exact) mass is 223 g/mol. The first-order valence-electron chi connectivity index (χ1n) is 5.27. The van der Waals surface area contributed by atoms with E-state index in [1.54, 1.807) is 25.3 Å². The van der Waals surface area contributed by atoms with Crippen molar-refractivity contribution in [3.8, 4) is 5.88 Å². The zero-order chi connectivity index (χ0) is 12.0. The molecule has 0 spiro atoms. The van der Waals surface area contributed by atoms with Crippen molar-refractivity contribution in [1.82, 2.24) is 4.98 Å². The first kappa shape index (κ1) is 12.4. The van der Waals surface area contributed by atoms with Gasteiger partial charge in [0.15, 0.2) is 0 Å². The summed E-state index contributed by atoms with van der Waals surface area (Å²) in [6.45, 7) is 4.46. The lowest BCUT2D eigenvalue weighted by Gasteiger charge is -2.12. The fourth-order valence-corrected chi connectivity index (χ4v) is 1.10. The van der Waals surface area contributed by atoms with Crippen molar-refractivity contribution >= 4 is 11.6 Å². The van der Waals surface area contributed by atoms with Gasteiger partial charge in [0.1, 0.15) is 5.69 Å². The highest BCUT2D eigenvalue weighted by Crippen LogP contribution is 2.20. The first-order valence-corrected chi connectivity index (χ1v) is 5.27. The number of rotatable bonds is 5. The molecule has 1 amide bonds. The largest absolute Gasteiger partial charge is 0.476 e. The molecule has 1 rings (SSSR count). The molecule has 1 atom stereocenters. The second-order valence-electron chi connectivity index (χ2n) is 3.42. The summed E-state index contributed by atoms with van der Waals surface area (Å²) in [6, 6.07) is 3.49. The van der Waals surface area contributed by atoms with Crippen LogP contribution in [-0.4, -0.2) is 24.0 Å². The predicted octanol–water partition coefficient (Wildman–Crippen LogP) is 1.01. The molecule has 88 valence electrons. The molecule has 1 aromatic rings. The maximum atomic E-state index is 11.6. The number of aromatic nitrogens is 1. The molecule has 0 aliphatic heterocycles. The van der Waals surface area contributed by atoms with E-state index in [-0.39, 0.29) is 11.8 Å². The van der Waals surface area contributed by atoms with Gasteiger partial charge in [-0.15, -0.1) is 0 Å². The highest BCUT2D eigenvalue weighted by Gasteiger charge is 2.13. The van der Waals surface area contributed by atoms with E-state index in [0.717, 1.165) is 0 Å². The van der Waals surface area contributed by atoms with E-state index in [0.29, 0.717) is 24.7 Å². The van der Waals surface area contributed by atoms with E-state index in [1.165, 1.54) is 0 Å². The zero-order valence-corrected chi connectivity index (χ0v) is 9.56. The number of nitrogens with zero attached hydrogens (tertiary/aromatic N) is 1. The quantitative estimate of drug-likeness (QED) is 0.781. The van der Waals surface area contributed by atoms with Gasteiger partial charge in [-0.1, -0.05) is 6.92 Å². The molecule has 0 saturated carbocycles. The highest BCUT2D eigenvalue weighted by molar-refractivity contribution is 5.93. The van der Waals surface area contributed by atoms with Crippen LogP contribution in [0, 0.1) is 5.92 Å².